The Morgan fingerprint density at radius 1 is 1.50 bits per heavy atom. The largest absolute Gasteiger partial charge is 0.344 e. The number of amides is 1. The van der Waals surface area contributed by atoms with Crippen LogP contribution in [-0.2, 0) is 0 Å². The molecule has 1 unspecified atom stereocenters. The monoisotopic (exact) mass is 322 g/mol. The molecule has 0 aliphatic rings. The van der Waals surface area contributed by atoms with Gasteiger partial charge in [-0.1, -0.05) is 0 Å². The third kappa shape index (κ3) is 3.39. The zero-order valence-corrected chi connectivity index (χ0v) is 12.7. The van der Waals surface area contributed by atoms with Crippen LogP contribution in [0.4, 0.5) is 4.39 Å². The van der Waals surface area contributed by atoms with Crippen molar-refractivity contribution in [3.63, 3.8) is 0 Å². The number of benzene rings is 1. The molecule has 1 aromatic heterocycles. The smallest absolute Gasteiger partial charge is 0.256 e. The van der Waals surface area contributed by atoms with Crippen molar-refractivity contribution in [1.29, 1.82) is 0 Å². The number of imidazole rings is 1. The van der Waals surface area contributed by atoms with Crippen LogP contribution in [0.2, 0.25) is 0 Å². The van der Waals surface area contributed by atoms with Crippen LogP contribution in [0.1, 0.15) is 17.3 Å². The summed E-state index contributed by atoms with van der Waals surface area (Å²) in [7, 11) is 1.64. The Labute approximate surface area is 128 Å². The van der Waals surface area contributed by atoms with Crippen LogP contribution in [0.3, 0.4) is 0 Å². The lowest BCUT2D eigenvalue weighted by molar-refractivity contribution is 0.0749. The normalized spacial score (nSPS) is 11.4. The molecule has 0 aliphatic carbocycles. The Morgan fingerprint density at radius 2 is 2.15 bits per heavy atom. The summed E-state index contributed by atoms with van der Waals surface area (Å²) >= 11 is 0. The minimum atomic E-state index is -0.469. The van der Waals surface area contributed by atoms with E-state index in [4.69, 9.17) is 5.73 Å². The predicted molar refractivity (Wildman–Crippen MR) is 81.2 cm³/mol. The molecule has 0 radical (unpaired) electrons. The molecule has 0 aliphatic heterocycles. The van der Waals surface area contributed by atoms with Gasteiger partial charge in [0.15, 0.2) is 0 Å². The van der Waals surface area contributed by atoms with Crippen LogP contribution < -0.4 is 5.73 Å². The summed E-state index contributed by atoms with van der Waals surface area (Å²) in [6, 6.07) is 2.39. The van der Waals surface area contributed by atoms with E-state index >= 15 is 0 Å². The second kappa shape index (κ2) is 7.42. The first-order valence-corrected chi connectivity index (χ1v) is 5.64. The van der Waals surface area contributed by atoms with Crippen LogP contribution in [0.25, 0.3) is 11.0 Å². The van der Waals surface area contributed by atoms with Gasteiger partial charge in [0.25, 0.3) is 5.91 Å². The number of H-pyrrole nitrogens is 1. The van der Waals surface area contributed by atoms with Gasteiger partial charge in [0.05, 0.1) is 17.4 Å². The van der Waals surface area contributed by atoms with Gasteiger partial charge in [0.1, 0.15) is 11.3 Å². The molecule has 2 aromatic rings. The average molecular weight is 323 g/mol. The van der Waals surface area contributed by atoms with Crippen molar-refractivity contribution in [1.82, 2.24) is 14.9 Å². The van der Waals surface area contributed by atoms with Crippen molar-refractivity contribution in [2.45, 2.75) is 13.0 Å². The van der Waals surface area contributed by atoms with E-state index in [1.807, 2.05) is 6.92 Å². The van der Waals surface area contributed by atoms with E-state index in [9.17, 15) is 9.18 Å². The maximum Gasteiger partial charge on any atom is 0.256 e. The first-order chi connectivity index (χ1) is 8.54. The Kier molecular flexibility index (Phi) is 6.91. The molecule has 112 valence electrons. The number of halogens is 3. The molecule has 0 spiro atoms. The zero-order valence-electron chi connectivity index (χ0n) is 11.1. The lowest BCUT2D eigenvalue weighted by Crippen LogP contribution is -2.39. The minimum Gasteiger partial charge on any atom is -0.344 e. The number of fused-ring (bicyclic) bond motifs is 1. The summed E-state index contributed by atoms with van der Waals surface area (Å²) in [5.74, 6) is -0.756. The molecule has 3 N–H and O–H groups in total. The molecule has 0 bridgehead atoms. The van der Waals surface area contributed by atoms with Gasteiger partial charge < -0.3 is 15.6 Å². The lowest BCUT2D eigenvalue weighted by Gasteiger charge is -2.23. The molecule has 1 aromatic carbocycles. The molecular formula is C12H17Cl2FN4O. The molecule has 0 saturated carbocycles. The van der Waals surface area contributed by atoms with Crippen LogP contribution in [0, 0.1) is 5.82 Å². The third-order valence-electron chi connectivity index (χ3n) is 3.04. The molecular weight excluding hydrogens is 306 g/mol. The van der Waals surface area contributed by atoms with Gasteiger partial charge in [-0.3, -0.25) is 4.79 Å². The van der Waals surface area contributed by atoms with Crippen molar-refractivity contribution in [2.75, 3.05) is 13.6 Å². The fourth-order valence-corrected chi connectivity index (χ4v) is 1.73. The second-order valence-electron chi connectivity index (χ2n) is 4.25. The number of nitrogens with one attached hydrogen (secondary N) is 1. The average Bonchev–Trinajstić information content (AvgIpc) is 2.82. The molecule has 20 heavy (non-hydrogen) atoms. The molecule has 2 rings (SSSR count). The summed E-state index contributed by atoms with van der Waals surface area (Å²) in [4.78, 5) is 20.6. The molecule has 1 atom stereocenters. The summed E-state index contributed by atoms with van der Waals surface area (Å²) in [6.07, 6.45) is 1.44. The van der Waals surface area contributed by atoms with E-state index < -0.39 is 5.82 Å². The Hall–Kier alpha value is -1.37. The number of hydrogen-bond donors (Lipinski definition) is 2. The van der Waals surface area contributed by atoms with Crippen molar-refractivity contribution in [3.05, 3.63) is 29.8 Å². The predicted octanol–water partition coefficient (Wildman–Crippen LogP) is 1.96. The maximum atomic E-state index is 13.4. The maximum absolute atomic E-state index is 13.4. The first-order valence-electron chi connectivity index (χ1n) is 5.64. The highest BCUT2D eigenvalue weighted by Crippen LogP contribution is 2.19. The van der Waals surface area contributed by atoms with Crippen molar-refractivity contribution in [3.8, 4) is 0 Å². The van der Waals surface area contributed by atoms with Crippen LogP contribution in [0.15, 0.2) is 18.5 Å². The topological polar surface area (TPSA) is 75.0 Å². The number of carbonyl (C=O) groups excluding carboxylic acids is 1. The molecule has 8 heteroatoms. The van der Waals surface area contributed by atoms with Gasteiger partial charge in [0, 0.05) is 19.6 Å². The number of nitrogens with two attached hydrogens (primary N) is 1. The van der Waals surface area contributed by atoms with E-state index in [2.05, 4.69) is 9.97 Å². The van der Waals surface area contributed by atoms with E-state index in [0.29, 0.717) is 17.6 Å². The fourth-order valence-electron chi connectivity index (χ4n) is 1.73. The molecule has 1 amide bonds. The number of aromatic nitrogens is 2. The van der Waals surface area contributed by atoms with Crippen molar-refractivity contribution in [2.24, 2.45) is 5.73 Å². The molecule has 5 nitrogen and oxygen atoms in total. The van der Waals surface area contributed by atoms with E-state index in [0.717, 1.165) is 0 Å². The Morgan fingerprint density at radius 3 is 2.75 bits per heavy atom. The third-order valence-corrected chi connectivity index (χ3v) is 3.04. The van der Waals surface area contributed by atoms with Gasteiger partial charge >= 0.3 is 0 Å². The number of likely N-dealkylation sites (N-methyl/N-ethyl adjacent to an activating group) is 1. The van der Waals surface area contributed by atoms with Crippen LogP contribution >= 0.6 is 24.8 Å². The van der Waals surface area contributed by atoms with Crippen molar-refractivity contribution >= 4 is 41.8 Å². The van der Waals surface area contributed by atoms with E-state index in [1.165, 1.54) is 23.4 Å². The second-order valence-corrected chi connectivity index (χ2v) is 4.25. The van der Waals surface area contributed by atoms with Gasteiger partial charge in [-0.2, -0.15) is 0 Å². The highest BCUT2D eigenvalue weighted by molar-refractivity contribution is 6.04. The molecule has 0 saturated heterocycles. The highest BCUT2D eigenvalue weighted by atomic mass is 35.5. The number of aromatic amines is 1. The van der Waals surface area contributed by atoms with Crippen molar-refractivity contribution < 1.29 is 9.18 Å². The number of nitrogens with zero attached hydrogens (tertiary/aromatic N) is 2. The van der Waals surface area contributed by atoms with E-state index in [1.54, 1.807) is 7.05 Å². The summed E-state index contributed by atoms with van der Waals surface area (Å²) in [5, 5.41) is 0. The Balaban J connectivity index is 0.00000180. The molecule has 1 heterocycles. The summed E-state index contributed by atoms with van der Waals surface area (Å²) in [6.45, 7) is 2.18. The SMILES string of the molecule is CC(CN)N(C)C(=O)c1cc(F)cc2[nH]cnc12.Cl.Cl. The van der Waals surface area contributed by atoms with Gasteiger partial charge in [-0.15, -0.1) is 24.8 Å². The van der Waals surface area contributed by atoms with Gasteiger partial charge in [-0.25, -0.2) is 9.37 Å². The zero-order chi connectivity index (χ0) is 13.3. The lowest BCUT2D eigenvalue weighted by atomic mass is 10.1. The minimum absolute atomic E-state index is 0. The fraction of sp³-hybridized carbons (Fsp3) is 0.333. The van der Waals surface area contributed by atoms with Gasteiger partial charge in [-0.05, 0) is 19.1 Å². The number of carbonyl (C=O) groups is 1. The van der Waals surface area contributed by atoms with E-state index in [-0.39, 0.29) is 42.3 Å². The quantitative estimate of drug-likeness (QED) is 0.907. The van der Waals surface area contributed by atoms with Crippen LogP contribution in [0.5, 0.6) is 0 Å². The number of rotatable bonds is 3. The Bertz CT molecular complexity index is 590. The number of hydrogen-bond acceptors (Lipinski definition) is 3. The van der Waals surface area contributed by atoms with Gasteiger partial charge in [0.2, 0.25) is 0 Å². The molecule has 0 fully saturated rings. The standard InChI is InChI=1S/C12H15FN4O.2ClH/c1-7(5-14)17(2)12(18)9-3-8(13)4-10-11(9)16-6-15-10;;/h3-4,6-7H,5,14H2,1-2H3,(H,15,16);2*1H. The van der Waals surface area contributed by atoms with Crippen LogP contribution in [-0.4, -0.2) is 40.4 Å². The highest BCUT2D eigenvalue weighted by Gasteiger charge is 2.20. The summed E-state index contributed by atoms with van der Waals surface area (Å²) < 4.78 is 13.4. The first kappa shape index (κ1) is 18.6. The summed E-state index contributed by atoms with van der Waals surface area (Å²) in [5.41, 5.74) is 6.74.